The maximum atomic E-state index is 5.98. The van der Waals surface area contributed by atoms with Crippen LogP contribution in [0, 0.1) is 6.92 Å². The largest absolute Gasteiger partial charge is 0.330 e. The lowest BCUT2D eigenvalue weighted by Crippen LogP contribution is -2.33. The molecule has 1 atom stereocenters. The van der Waals surface area contributed by atoms with E-state index in [9.17, 15) is 0 Å². The Kier molecular flexibility index (Phi) is 3.65. The smallest absolute Gasteiger partial charge is 0.0181 e. The van der Waals surface area contributed by atoms with Crippen molar-refractivity contribution in [1.82, 2.24) is 0 Å². The predicted molar refractivity (Wildman–Crippen MR) is 75.6 cm³/mol. The van der Waals surface area contributed by atoms with Gasteiger partial charge in [-0.05, 0) is 30.4 Å². The zero-order valence-electron chi connectivity index (χ0n) is 10.4. The number of aryl methyl sites for hydroxylation is 1. The molecular weight excluding hydrogens is 226 g/mol. The number of benzene rings is 1. The fraction of sp³-hybridized carbons (Fsp3) is 0.333. The Hall–Kier alpha value is -1.12. The predicted octanol–water partition coefficient (Wildman–Crippen LogP) is 3.52. The summed E-state index contributed by atoms with van der Waals surface area (Å²) in [5.74, 6) is 0. The lowest BCUT2D eigenvalue weighted by molar-refractivity contribution is 0.491. The van der Waals surface area contributed by atoms with Crippen LogP contribution in [0.15, 0.2) is 41.8 Å². The first-order chi connectivity index (χ1) is 8.14. The standard InChI is InChI=1S/C15H19NS/c1-12-5-7-13(8-6-12)10-15(2,11-16)14-4-3-9-17-14/h3-9H,10-11,16H2,1-2H3. The first kappa shape index (κ1) is 12.3. The molecule has 2 rings (SSSR count). The molecule has 0 spiro atoms. The Morgan fingerprint density at radius 2 is 1.88 bits per heavy atom. The molecule has 0 aliphatic heterocycles. The molecule has 2 N–H and O–H groups in total. The topological polar surface area (TPSA) is 26.0 Å². The molecule has 0 aliphatic carbocycles. The van der Waals surface area contributed by atoms with Crippen LogP contribution in [0.3, 0.4) is 0 Å². The Labute approximate surface area is 107 Å². The molecule has 90 valence electrons. The normalized spacial score (nSPS) is 14.5. The molecular formula is C15H19NS. The first-order valence-electron chi connectivity index (χ1n) is 5.94. The van der Waals surface area contributed by atoms with E-state index in [1.54, 1.807) is 11.3 Å². The second kappa shape index (κ2) is 5.03. The van der Waals surface area contributed by atoms with Crippen LogP contribution in [0.25, 0.3) is 0 Å². The van der Waals surface area contributed by atoms with E-state index in [4.69, 9.17) is 5.73 Å². The summed E-state index contributed by atoms with van der Waals surface area (Å²) in [5.41, 5.74) is 8.70. The third-order valence-corrected chi connectivity index (χ3v) is 4.46. The van der Waals surface area contributed by atoms with Crippen molar-refractivity contribution in [1.29, 1.82) is 0 Å². The molecule has 17 heavy (non-hydrogen) atoms. The third kappa shape index (κ3) is 2.76. The summed E-state index contributed by atoms with van der Waals surface area (Å²) in [6, 6.07) is 13.0. The van der Waals surface area contributed by atoms with Gasteiger partial charge in [0.1, 0.15) is 0 Å². The van der Waals surface area contributed by atoms with E-state index in [-0.39, 0.29) is 5.41 Å². The number of rotatable bonds is 4. The van der Waals surface area contributed by atoms with Crippen LogP contribution < -0.4 is 5.73 Å². The third-order valence-electron chi connectivity index (χ3n) is 3.28. The van der Waals surface area contributed by atoms with Crippen LogP contribution in [-0.4, -0.2) is 6.54 Å². The summed E-state index contributed by atoms with van der Waals surface area (Å²) in [6.45, 7) is 5.05. The highest BCUT2D eigenvalue weighted by molar-refractivity contribution is 7.10. The van der Waals surface area contributed by atoms with Gasteiger partial charge in [-0.25, -0.2) is 0 Å². The van der Waals surface area contributed by atoms with Crippen LogP contribution in [0.2, 0.25) is 0 Å². The van der Waals surface area contributed by atoms with Crippen molar-refractivity contribution in [2.24, 2.45) is 5.73 Å². The molecule has 0 aliphatic rings. The molecule has 0 radical (unpaired) electrons. The van der Waals surface area contributed by atoms with Crippen molar-refractivity contribution >= 4 is 11.3 Å². The lowest BCUT2D eigenvalue weighted by Gasteiger charge is -2.27. The highest BCUT2D eigenvalue weighted by Crippen LogP contribution is 2.30. The summed E-state index contributed by atoms with van der Waals surface area (Å²) in [5, 5.41) is 2.12. The number of thiophene rings is 1. The van der Waals surface area contributed by atoms with Crippen LogP contribution >= 0.6 is 11.3 Å². The van der Waals surface area contributed by atoms with E-state index < -0.39 is 0 Å². The zero-order valence-corrected chi connectivity index (χ0v) is 11.3. The van der Waals surface area contributed by atoms with E-state index >= 15 is 0 Å². The van der Waals surface area contributed by atoms with Gasteiger partial charge >= 0.3 is 0 Å². The van der Waals surface area contributed by atoms with Crippen molar-refractivity contribution in [2.75, 3.05) is 6.54 Å². The van der Waals surface area contributed by atoms with Gasteiger partial charge < -0.3 is 5.73 Å². The van der Waals surface area contributed by atoms with Gasteiger partial charge in [-0.3, -0.25) is 0 Å². The summed E-state index contributed by atoms with van der Waals surface area (Å²) < 4.78 is 0. The summed E-state index contributed by atoms with van der Waals surface area (Å²) >= 11 is 1.80. The van der Waals surface area contributed by atoms with E-state index in [0.717, 1.165) is 6.42 Å². The molecule has 1 aromatic heterocycles. The Balaban J connectivity index is 2.23. The van der Waals surface area contributed by atoms with Crippen molar-refractivity contribution in [2.45, 2.75) is 25.7 Å². The van der Waals surface area contributed by atoms with E-state index in [1.807, 2.05) is 0 Å². The molecule has 0 saturated heterocycles. The van der Waals surface area contributed by atoms with Crippen molar-refractivity contribution < 1.29 is 0 Å². The Morgan fingerprint density at radius 1 is 1.18 bits per heavy atom. The fourth-order valence-electron chi connectivity index (χ4n) is 2.04. The summed E-state index contributed by atoms with van der Waals surface area (Å²) in [7, 11) is 0. The zero-order chi connectivity index (χ0) is 12.3. The van der Waals surface area contributed by atoms with Crippen molar-refractivity contribution in [3.05, 3.63) is 57.8 Å². The van der Waals surface area contributed by atoms with Gasteiger partial charge in [0.2, 0.25) is 0 Å². The van der Waals surface area contributed by atoms with Gasteiger partial charge in [-0.1, -0.05) is 42.8 Å². The molecule has 2 heteroatoms. The SMILES string of the molecule is Cc1ccc(CC(C)(CN)c2cccs2)cc1. The van der Waals surface area contributed by atoms with Crippen LogP contribution in [-0.2, 0) is 11.8 Å². The van der Waals surface area contributed by atoms with E-state index in [2.05, 4.69) is 55.6 Å². The summed E-state index contributed by atoms with van der Waals surface area (Å²) in [4.78, 5) is 1.38. The molecule has 0 fully saturated rings. The van der Waals surface area contributed by atoms with Gasteiger partial charge in [-0.2, -0.15) is 0 Å². The van der Waals surface area contributed by atoms with Gasteiger partial charge in [0.15, 0.2) is 0 Å². The molecule has 1 aromatic carbocycles. The average Bonchev–Trinajstić information content (AvgIpc) is 2.86. The monoisotopic (exact) mass is 245 g/mol. The highest BCUT2D eigenvalue weighted by atomic mass is 32.1. The van der Waals surface area contributed by atoms with Gasteiger partial charge in [0.05, 0.1) is 0 Å². The molecule has 0 bridgehead atoms. The van der Waals surface area contributed by atoms with Crippen LogP contribution in [0.5, 0.6) is 0 Å². The maximum Gasteiger partial charge on any atom is 0.0181 e. The quantitative estimate of drug-likeness (QED) is 0.876. The van der Waals surface area contributed by atoms with Gasteiger partial charge in [0, 0.05) is 16.8 Å². The van der Waals surface area contributed by atoms with Crippen molar-refractivity contribution in [3.63, 3.8) is 0 Å². The molecule has 0 saturated carbocycles. The number of nitrogens with two attached hydrogens (primary N) is 1. The minimum atomic E-state index is 0.0590. The lowest BCUT2D eigenvalue weighted by atomic mass is 9.82. The van der Waals surface area contributed by atoms with Gasteiger partial charge in [-0.15, -0.1) is 11.3 Å². The molecule has 1 heterocycles. The minimum absolute atomic E-state index is 0.0590. The molecule has 1 unspecified atom stereocenters. The molecule has 1 nitrogen and oxygen atoms in total. The second-order valence-electron chi connectivity index (χ2n) is 4.90. The van der Waals surface area contributed by atoms with Crippen LogP contribution in [0.4, 0.5) is 0 Å². The van der Waals surface area contributed by atoms with Crippen molar-refractivity contribution in [3.8, 4) is 0 Å². The second-order valence-corrected chi connectivity index (χ2v) is 5.85. The maximum absolute atomic E-state index is 5.98. The van der Waals surface area contributed by atoms with E-state index in [1.165, 1.54) is 16.0 Å². The Morgan fingerprint density at radius 3 is 2.41 bits per heavy atom. The molecule has 2 aromatic rings. The van der Waals surface area contributed by atoms with E-state index in [0.29, 0.717) is 6.54 Å². The fourth-order valence-corrected chi connectivity index (χ4v) is 2.94. The number of hydrogen-bond donors (Lipinski definition) is 1. The number of hydrogen-bond acceptors (Lipinski definition) is 2. The Bertz CT molecular complexity index is 458. The average molecular weight is 245 g/mol. The molecule has 0 amide bonds. The summed E-state index contributed by atoms with van der Waals surface area (Å²) in [6.07, 6.45) is 1.00. The first-order valence-corrected chi connectivity index (χ1v) is 6.82. The minimum Gasteiger partial charge on any atom is -0.330 e. The van der Waals surface area contributed by atoms with Crippen LogP contribution in [0.1, 0.15) is 22.9 Å². The highest BCUT2D eigenvalue weighted by Gasteiger charge is 2.26. The van der Waals surface area contributed by atoms with Gasteiger partial charge in [0.25, 0.3) is 0 Å².